The van der Waals surface area contributed by atoms with Crippen molar-refractivity contribution in [3.63, 3.8) is 0 Å². The predicted octanol–water partition coefficient (Wildman–Crippen LogP) is 1.90. The van der Waals surface area contributed by atoms with Gasteiger partial charge in [-0.25, -0.2) is 0 Å². The molecule has 0 bridgehead atoms. The van der Waals surface area contributed by atoms with Crippen molar-refractivity contribution in [1.82, 2.24) is 20.4 Å². The van der Waals surface area contributed by atoms with Gasteiger partial charge in [0.25, 0.3) is 5.91 Å². The van der Waals surface area contributed by atoms with Crippen molar-refractivity contribution in [2.24, 2.45) is 0 Å². The molecule has 3 N–H and O–H groups in total. The molecule has 1 saturated heterocycles. The van der Waals surface area contributed by atoms with Gasteiger partial charge in [0.1, 0.15) is 5.69 Å². The highest BCUT2D eigenvalue weighted by atomic mass is 16.3. The smallest absolute Gasteiger partial charge is 0.271 e. The molecule has 1 aliphatic rings. The first kappa shape index (κ1) is 17.6. The SMILES string of the molecule is CC(C)c1cc(C(=O)NCC2CC(O)CN2Cc2ccccc2)n[nH]1. The van der Waals surface area contributed by atoms with Crippen LogP contribution in [-0.4, -0.2) is 51.3 Å². The third-order valence-corrected chi connectivity index (χ3v) is 4.68. The molecule has 0 radical (unpaired) electrons. The molecule has 1 aromatic heterocycles. The van der Waals surface area contributed by atoms with E-state index in [1.165, 1.54) is 5.56 Å². The molecule has 6 nitrogen and oxygen atoms in total. The van der Waals surface area contributed by atoms with Gasteiger partial charge < -0.3 is 10.4 Å². The third kappa shape index (κ3) is 4.46. The monoisotopic (exact) mass is 342 g/mol. The molecule has 1 fully saturated rings. The number of rotatable bonds is 6. The lowest BCUT2D eigenvalue weighted by Crippen LogP contribution is -2.39. The van der Waals surface area contributed by atoms with E-state index in [0.29, 0.717) is 31.1 Å². The van der Waals surface area contributed by atoms with E-state index >= 15 is 0 Å². The molecular weight excluding hydrogens is 316 g/mol. The molecule has 2 unspecified atom stereocenters. The Morgan fingerprint density at radius 1 is 1.40 bits per heavy atom. The van der Waals surface area contributed by atoms with Crippen LogP contribution in [0.4, 0.5) is 0 Å². The standard InChI is InChI=1S/C19H26N4O2/c1-13(2)17-9-18(22-21-17)19(25)20-10-15-8-16(24)12-23(15)11-14-6-4-3-5-7-14/h3-7,9,13,15-16,24H,8,10-12H2,1-2H3,(H,20,25)(H,21,22). The minimum absolute atomic E-state index is 0.127. The van der Waals surface area contributed by atoms with E-state index in [1.54, 1.807) is 6.07 Å². The van der Waals surface area contributed by atoms with Crippen LogP contribution in [0.1, 0.15) is 47.9 Å². The number of aromatic nitrogens is 2. The Bertz CT molecular complexity index is 698. The van der Waals surface area contributed by atoms with Crippen LogP contribution >= 0.6 is 0 Å². The van der Waals surface area contributed by atoms with Crippen molar-refractivity contribution in [1.29, 1.82) is 0 Å². The van der Waals surface area contributed by atoms with Gasteiger partial charge in [-0.1, -0.05) is 44.2 Å². The maximum atomic E-state index is 12.3. The van der Waals surface area contributed by atoms with E-state index in [1.807, 2.05) is 18.2 Å². The highest BCUT2D eigenvalue weighted by Crippen LogP contribution is 2.20. The van der Waals surface area contributed by atoms with E-state index in [9.17, 15) is 9.90 Å². The number of aliphatic hydroxyl groups excluding tert-OH is 1. The van der Waals surface area contributed by atoms with Crippen molar-refractivity contribution in [3.05, 3.63) is 53.3 Å². The molecule has 0 aliphatic carbocycles. The molecule has 0 spiro atoms. The van der Waals surface area contributed by atoms with Crippen LogP contribution in [0.25, 0.3) is 0 Å². The van der Waals surface area contributed by atoms with Gasteiger partial charge in [0.05, 0.1) is 6.10 Å². The fourth-order valence-corrected chi connectivity index (χ4v) is 3.23. The number of nitrogens with zero attached hydrogens (tertiary/aromatic N) is 2. The summed E-state index contributed by atoms with van der Waals surface area (Å²) in [6.07, 6.45) is 0.328. The normalized spacial score (nSPS) is 21.0. The number of carbonyl (C=O) groups is 1. The van der Waals surface area contributed by atoms with Crippen molar-refractivity contribution in [3.8, 4) is 0 Å². The topological polar surface area (TPSA) is 81.2 Å². The van der Waals surface area contributed by atoms with Crippen LogP contribution in [0, 0.1) is 0 Å². The predicted molar refractivity (Wildman–Crippen MR) is 96.3 cm³/mol. The molecule has 6 heteroatoms. The van der Waals surface area contributed by atoms with Crippen LogP contribution in [0.3, 0.4) is 0 Å². The molecule has 3 rings (SSSR count). The minimum Gasteiger partial charge on any atom is -0.392 e. The molecule has 25 heavy (non-hydrogen) atoms. The van der Waals surface area contributed by atoms with E-state index in [4.69, 9.17) is 0 Å². The van der Waals surface area contributed by atoms with E-state index < -0.39 is 0 Å². The second-order valence-corrected chi connectivity index (χ2v) is 7.03. The largest absolute Gasteiger partial charge is 0.392 e. The average molecular weight is 342 g/mol. The zero-order valence-corrected chi connectivity index (χ0v) is 14.8. The van der Waals surface area contributed by atoms with Gasteiger partial charge in [-0.05, 0) is 24.0 Å². The Morgan fingerprint density at radius 2 is 2.16 bits per heavy atom. The molecule has 2 heterocycles. The third-order valence-electron chi connectivity index (χ3n) is 4.68. The number of benzene rings is 1. The molecule has 2 atom stereocenters. The molecule has 134 valence electrons. The zero-order valence-electron chi connectivity index (χ0n) is 14.8. The summed E-state index contributed by atoms with van der Waals surface area (Å²) >= 11 is 0. The quantitative estimate of drug-likeness (QED) is 0.749. The summed E-state index contributed by atoms with van der Waals surface area (Å²) in [7, 11) is 0. The van der Waals surface area contributed by atoms with Crippen molar-refractivity contribution < 1.29 is 9.90 Å². The highest BCUT2D eigenvalue weighted by Gasteiger charge is 2.31. The lowest BCUT2D eigenvalue weighted by atomic mass is 10.1. The summed E-state index contributed by atoms with van der Waals surface area (Å²) in [6.45, 7) is 6.02. The number of aliphatic hydroxyl groups is 1. The number of nitrogens with one attached hydrogen (secondary N) is 2. The molecular formula is C19H26N4O2. The Balaban J connectivity index is 1.57. The first-order valence-corrected chi connectivity index (χ1v) is 8.82. The second kappa shape index (κ2) is 7.80. The van der Waals surface area contributed by atoms with E-state index in [0.717, 1.165) is 12.2 Å². The fourth-order valence-electron chi connectivity index (χ4n) is 3.23. The first-order chi connectivity index (χ1) is 12.0. The van der Waals surface area contributed by atoms with Crippen molar-refractivity contribution in [2.45, 2.75) is 44.9 Å². The van der Waals surface area contributed by atoms with Gasteiger partial charge in [-0.15, -0.1) is 0 Å². The van der Waals surface area contributed by atoms with Crippen LogP contribution < -0.4 is 5.32 Å². The summed E-state index contributed by atoms with van der Waals surface area (Å²) < 4.78 is 0. The summed E-state index contributed by atoms with van der Waals surface area (Å²) in [6, 6.07) is 12.1. The summed E-state index contributed by atoms with van der Waals surface area (Å²) in [4.78, 5) is 14.5. The number of amides is 1. The van der Waals surface area contributed by atoms with Crippen LogP contribution in [0.15, 0.2) is 36.4 Å². The Hall–Kier alpha value is -2.18. The van der Waals surface area contributed by atoms with Crippen LogP contribution in [-0.2, 0) is 6.54 Å². The number of H-pyrrole nitrogens is 1. The fraction of sp³-hybridized carbons (Fsp3) is 0.474. The lowest BCUT2D eigenvalue weighted by Gasteiger charge is -2.24. The minimum atomic E-state index is -0.344. The van der Waals surface area contributed by atoms with Gasteiger partial charge in [0.2, 0.25) is 0 Å². The van der Waals surface area contributed by atoms with Crippen molar-refractivity contribution >= 4 is 5.91 Å². The van der Waals surface area contributed by atoms with Gasteiger partial charge >= 0.3 is 0 Å². The molecule has 1 aliphatic heterocycles. The van der Waals surface area contributed by atoms with Gasteiger partial charge in [0, 0.05) is 31.4 Å². The average Bonchev–Trinajstić information content (AvgIpc) is 3.21. The summed E-state index contributed by atoms with van der Waals surface area (Å²) in [5.41, 5.74) is 2.57. The molecule has 0 saturated carbocycles. The Labute approximate surface area is 148 Å². The van der Waals surface area contributed by atoms with Crippen LogP contribution in [0.2, 0.25) is 0 Å². The number of aromatic amines is 1. The van der Waals surface area contributed by atoms with Crippen molar-refractivity contribution in [2.75, 3.05) is 13.1 Å². The summed E-state index contributed by atoms with van der Waals surface area (Å²) in [5.74, 6) is 0.129. The lowest BCUT2D eigenvalue weighted by molar-refractivity contribution is 0.0935. The molecule has 1 aromatic carbocycles. The Kier molecular flexibility index (Phi) is 5.50. The highest BCUT2D eigenvalue weighted by molar-refractivity contribution is 5.92. The maximum Gasteiger partial charge on any atom is 0.271 e. The number of hydrogen-bond acceptors (Lipinski definition) is 4. The maximum absolute atomic E-state index is 12.3. The van der Waals surface area contributed by atoms with Gasteiger partial charge in [-0.2, -0.15) is 5.10 Å². The van der Waals surface area contributed by atoms with Gasteiger partial charge in [0.15, 0.2) is 0 Å². The zero-order chi connectivity index (χ0) is 17.8. The number of hydrogen-bond donors (Lipinski definition) is 3. The summed E-state index contributed by atoms with van der Waals surface area (Å²) in [5, 5.41) is 20.0. The number of carbonyl (C=O) groups excluding carboxylic acids is 1. The molecule has 1 amide bonds. The van der Waals surface area contributed by atoms with Gasteiger partial charge in [-0.3, -0.25) is 14.8 Å². The van der Waals surface area contributed by atoms with Crippen LogP contribution in [0.5, 0.6) is 0 Å². The van der Waals surface area contributed by atoms with E-state index in [-0.39, 0.29) is 18.1 Å². The number of likely N-dealkylation sites (tertiary alicyclic amines) is 1. The second-order valence-electron chi connectivity index (χ2n) is 7.03. The van der Waals surface area contributed by atoms with E-state index in [2.05, 4.69) is 46.4 Å². The Morgan fingerprint density at radius 3 is 2.84 bits per heavy atom. The molecule has 2 aromatic rings. The first-order valence-electron chi connectivity index (χ1n) is 8.82. The number of β-amino-alcohol motifs (C(OH)–C–C–N with tert-alkyl or cyclic N) is 1.